The van der Waals surface area contributed by atoms with Crippen molar-refractivity contribution in [3.05, 3.63) is 11.8 Å². The van der Waals surface area contributed by atoms with Crippen molar-refractivity contribution in [2.75, 3.05) is 0 Å². The predicted molar refractivity (Wildman–Crippen MR) is 110 cm³/mol. The third kappa shape index (κ3) is 8.30. The van der Waals surface area contributed by atoms with Crippen molar-refractivity contribution in [1.29, 1.82) is 0 Å². The van der Waals surface area contributed by atoms with Gasteiger partial charge in [-0.3, -0.25) is 19.3 Å². The average molecular weight is 518 g/mol. The van der Waals surface area contributed by atoms with E-state index in [0.29, 0.717) is 0 Å². The molecule has 0 fully saturated rings. The van der Waals surface area contributed by atoms with Gasteiger partial charge in [0, 0.05) is 12.5 Å². The topological polar surface area (TPSA) is 102 Å². The highest BCUT2D eigenvalue weighted by Crippen LogP contribution is 2.36. The van der Waals surface area contributed by atoms with Crippen LogP contribution in [0.25, 0.3) is 0 Å². The Morgan fingerprint density at radius 2 is 1.79 bits per heavy atom. The lowest BCUT2D eigenvalue weighted by molar-refractivity contribution is -0.146. The third-order valence-electron chi connectivity index (χ3n) is 3.89. The van der Waals surface area contributed by atoms with Crippen LogP contribution in [0, 0.1) is 0 Å². The SMILES string of the molecule is CCC(=O)N[C@@H](CCC(Cl)(Cl)Cl)C(=O)N1C(=O)C=C(ON)[C@@H]1CCC(Cl)(Cl)Cl. The summed E-state index contributed by atoms with van der Waals surface area (Å²) in [6.45, 7) is 1.61. The number of carbonyl (C=O) groups is 3. The fourth-order valence-electron chi connectivity index (χ4n) is 2.54. The van der Waals surface area contributed by atoms with Crippen molar-refractivity contribution >= 4 is 87.3 Å². The van der Waals surface area contributed by atoms with E-state index in [1.54, 1.807) is 6.92 Å². The van der Waals surface area contributed by atoms with E-state index in [4.69, 9.17) is 80.3 Å². The number of halogens is 6. The molecule has 1 aliphatic rings. The molecule has 1 rings (SSSR count). The van der Waals surface area contributed by atoms with E-state index in [1.165, 1.54) is 0 Å². The molecule has 0 aromatic rings. The predicted octanol–water partition coefficient (Wildman–Crippen LogP) is 3.69. The quantitative estimate of drug-likeness (QED) is 0.377. The molecule has 0 saturated carbocycles. The summed E-state index contributed by atoms with van der Waals surface area (Å²) in [7, 11) is 0. The van der Waals surface area contributed by atoms with Crippen molar-refractivity contribution in [3.8, 4) is 0 Å². The van der Waals surface area contributed by atoms with Gasteiger partial charge in [0.25, 0.3) is 11.8 Å². The van der Waals surface area contributed by atoms with E-state index in [1.807, 2.05) is 0 Å². The number of nitrogens with one attached hydrogen (secondary N) is 1. The van der Waals surface area contributed by atoms with Crippen molar-refractivity contribution < 1.29 is 19.2 Å². The molecule has 2 atom stereocenters. The Balaban J connectivity index is 3.07. The normalized spacial score (nSPS) is 18.7. The van der Waals surface area contributed by atoms with Gasteiger partial charge in [-0.2, -0.15) is 5.90 Å². The molecule has 0 aliphatic carbocycles. The number of imide groups is 1. The van der Waals surface area contributed by atoms with Crippen LogP contribution in [-0.4, -0.2) is 42.3 Å². The van der Waals surface area contributed by atoms with Crippen molar-refractivity contribution in [3.63, 3.8) is 0 Å². The van der Waals surface area contributed by atoms with Crippen LogP contribution in [0.1, 0.15) is 39.0 Å². The molecule has 0 spiro atoms. The van der Waals surface area contributed by atoms with Gasteiger partial charge >= 0.3 is 0 Å². The number of nitrogens with two attached hydrogens (primary N) is 1. The Hall–Kier alpha value is -0.150. The van der Waals surface area contributed by atoms with Crippen LogP contribution >= 0.6 is 69.6 Å². The van der Waals surface area contributed by atoms with Gasteiger partial charge in [-0.25, -0.2) is 0 Å². The minimum Gasteiger partial charge on any atom is -0.414 e. The molecule has 28 heavy (non-hydrogen) atoms. The summed E-state index contributed by atoms with van der Waals surface area (Å²) in [6, 6.07) is -2.00. The smallest absolute Gasteiger partial charge is 0.257 e. The summed E-state index contributed by atoms with van der Waals surface area (Å²) in [5.74, 6) is 3.45. The van der Waals surface area contributed by atoms with Gasteiger partial charge in [-0.1, -0.05) is 76.5 Å². The van der Waals surface area contributed by atoms with Gasteiger partial charge < -0.3 is 10.2 Å². The zero-order valence-electron chi connectivity index (χ0n) is 14.7. The fourth-order valence-corrected chi connectivity index (χ4v) is 3.20. The molecule has 0 aromatic heterocycles. The Kier molecular flexibility index (Phi) is 9.94. The van der Waals surface area contributed by atoms with Crippen LogP contribution in [0.4, 0.5) is 0 Å². The molecular weight excluding hydrogens is 499 g/mol. The van der Waals surface area contributed by atoms with Crippen LogP contribution in [0.3, 0.4) is 0 Å². The van der Waals surface area contributed by atoms with Crippen molar-refractivity contribution in [2.45, 2.75) is 58.7 Å². The molecule has 7 nitrogen and oxygen atoms in total. The van der Waals surface area contributed by atoms with Gasteiger partial charge in [0.2, 0.25) is 5.91 Å². The van der Waals surface area contributed by atoms with Gasteiger partial charge in [0.1, 0.15) is 12.1 Å². The summed E-state index contributed by atoms with van der Waals surface area (Å²) in [5.41, 5.74) is 0. The molecule has 3 amide bonds. The maximum absolute atomic E-state index is 13.1. The van der Waals surface area contributed by atoms with Crippen LogP contribution in [-0.2, 0) is 19.2 Å². The summed E-state index contributed by atoms with van der Waals surface area (Å²) in [6.07, 6.45) is 1.23. The molecule has 0 unspecified atom stereocenters. The first-order valence-electron chi connectivity index (χ1n) is 8.17. The zero-order valence-corrected chi connectivity index (χ0v) is 19.2. The maximum atomic E-state index is 13.1. The summed E-state index contributed by atoms with van der Waals surface area (Å²) < 4.78 is -3.24. The maximum Gasteiger partial charge on any atom is 0.257 e. The lowest BCUT2D eigenvalue weighted by Gasteiger charge is -2.30. The number of carbonyl (C=O) groups excluding carboxylic acids is 3. The number of nitrogens with zero attached hydrogens (tertiary/aromatic N) is 1. The van der Waals surface area contributed by atoms with Crippen LogP contribution in [0.15, 0.2) is 11.8 Å². The minimum absolute atomic E-state index is 0.0131. The number of rotatable bonds is 8. The van der Waals surface area contributed by atoms with E-state index < -0.39 is 37.4 Å². The lowest BCUT2D eigenvalue weighted by Crippen LogP contribution is -2.52. The fraction of sp³-hybridized carbons (Fsp3) is 0.667. The standard InChI is InChI=1S/C15H19Cl6N3O4/c1-2-11(25)23-8(3-5-14(16,17)18)13(27)24-9(4-6-15(19,20)21)10(28-22)7-12(24)26/h7-9H,2-6,22H2,1H3,(H,23,25)/t8-,9-/m0/s1. The zero-order chi connectivity index (χ0) is 21.7. The molecule has 1 heterocycles. The Bertz CT molecular complexity index is 632. The molecule has 0 bridgehead atoms. The highest BCUT2D eigenvalue weighted by molar-refractivity contribution is 6.67. The first kappa shape index (κ1) is 25.9. The van der Waals surface area contributed by atoms with Gasteiger partial charge in [-0.15, -0.1) is 0 Å². The summed E-state index contributed by atoms with van der Waals surface area (Å²) >= 11 is 34.5. The molecule has 0 aromatic carbocycles. The number of hydrogen-bond acceptors (Lipinski definition) is 5. The van der Waals surface area contributed by atoms with Crippen LogP contribution in [0.5, 0.6) is 0 Å². The van der Waals surface area contributed by atoms with Gasteiger partial charge in [0.15, 0.2) is 13.3 Å². The van der Waals surface area contributed by atoms with E-state index >= 15 is 0 Å². The Labute approximate surface area is 192 Å². The first-order chi connectivity index (χ1) is 12.8. The average Bonchev–Trinajstić information content (AvgIpc) is 2.89. The molecule has 160 valence electrons. The van der Waals surface area contributed by atoms with Crippen LogP contribution in [0.2, 0.25) is 0 Å². The highest BCUT2D eigenvalue weighted by atomic mass is 35.6. The second-order valence-electron chi connectivity index (χ2n) is 6.01. The summed E-state index contributed by atoms with van der Waals surface area (Å²) in [4.78, 5) is 42.9. The van der Waals surface area contributed by atoms with E-state index in [0.717, 1.165) is 11.0 Å². The lowest BCUT2D eigenvalue weighted by atomic mass is 10.1. The third-order valence-corrected chi connectivity index (χ3v) is 5.02. The molecule has 1 aliphatic heterocycles. The van der Waals surface area contributed by atoms with E-state index in [-0.39, 0.29) is 37.9 Å². The molecule has 13 heteroatoms. The monoisotopic (exact) mass is 515 g/mol. The second kappa shape index (κ2) is 10.8. The second-order valence-corrected chi connectivity index (χ2v) is 11.0. The molecule has 3 N–H and O–H groups in total. The molecular formula is C15H19Cl6N3O4. The number of hydrogen-bond donors (Lipinski definition) is 2. The van der Waals surface area contributed by atoms with E-state index in [2.05, 4.69) is 5.32 Å². The molecule has 0 saturated heterocycles. The number of amides is 3. The minimum atomic E-state index is -1.64. The van der Waals surface area contributed by atoms with Crippen molar-refractivity contribution in [2.24, 2.45) is 5.90 Å². The summed E-state index contributed by atoms with van der Waals surface area (Å²) in [5, 5.41) is 2.53. The Morgan fingerprint density at radius 1 is 1.21 bits per heavy atom. The first-order valence-corrected chi connectivity index (χ1v) is 10.4. The highest BCUT2D eigenvalue weighted by Gasteiger charge is 2.42. The van der Waals surface area contributed by atoms with Crippen LogP contribution < -0.4 is 11.2 Å². The largest absolute Gasteiger partial charge is 0.414 e. The van der Waals surface area contributed by atoms with Gasteiger partial charge in [-0.05, 0) is 25.7 Å². The molecule has 0 radical (unpaired) electrons. The van der Waals surface area contributed by atoms with Crippen molar-refractivity contribution in [1.82, 2.24) is 10.2 Å². The number of alkyl halides is 6. The Morgan fingerprint density at radius 3 is 2.25 bits per heavy atom. The van der Waals surface area contributed by atoms with E-state index in [9.17, 15) is 14.4 Å². The van der Waals surface area contributed by atoms with Gasteiger partial charge in [0.05, 0.1) is 0 Å².